The molecule has 3 aliphatic rings. The first-order valence-corrected chi connectivity index (χ1v) is 20.7. The van der Waals surface area contributed by atoms with E-state index >= 15 is 0 Å². The van der Waals surface area contributed by atoms with Crippen molar-refractivity contribution < 1.29 is 31.1 Å². The van der Waals surface area contributed by atoms with Crippen molar-refractivity contribution in [2.75, 3.05) is 32.1 Å². The molecule has 5 aromatic rings. The Balaban J connectivity index is 1.11. The Kier molecular flexibility index (Phi) is 10.9. The Morgan fingerprint density at radius 2 is 1.55 bits per heavy atom. The van der Waals surface area contributed by atoms with Crippen LogP contribution in [0.25, 0.3) is 17.5 Å². The first-order valence-electron chi connectivity index (χ1n) is 18.3. The Morgan fingerprint density at radius 3 is 2.27 bits per heavy atom. The van der Waals surface area contributed by atoms with E-state index in [1.807, 2.05) is 6.08 Å². The molecule has 4 aromatic carbocycles. The molecule has 2 unspecified atom stereocenters. The van der Waals surface area contributed by atoms with E-state index in [2.05, 4.69) is 10.2 Å². The van der Waals surface area contributed by atoms with Crippen LogP contribution >= 0.6 is 11.8 Å². The van der Waals surface area contributed by atoms with Gasteiger partial charge in [0, 0.05) is 24.6 Å². The van der Waals surface area contributed by atoms with Gasteiger partial charge in [-0.05, 0) is 96.1 Å². The number of allylic oxidation sites excluding steroid dienone is 1. The van der Waals surface area contributed by atoms with Crippen molar-refractivity contribution in [3.05, 3.63) is 137 Å². The number of hydrogen-bond acceptors (Lipinski definition) is 8. The number of aromatic nitrogens is 3. The molecule has 1 saturated heterocycles. The summed E-state index contributed by atoms with van der Waals surface area (Å²) < 4.78 is 77.3. The summed E-state index contributed by atoms with van der Waals surface area (Å²) in [6.45, 7) is 1.34. The van der Waals surface area contributed by atoms with Crippen LogP contribution in [-0.2, 0) is 26.1 Å². The average Bonchev–Trinajstić information content (AvgIpc) is 3.81. The van der Waals surface area contributed by atoms with Crippen LogP contribution in [0.1, 0.15) is 42.0 Å². The van der Waals surface area contributed by atoms with Crippen molar-refractivity contribution in [2.45, 2.75) is 41.9 Å². The molecule has 3 heterocycles. The van der Waals surface area contributed by atoms with Crippen molar-refractivity contribution in [3.63, 3.8) is 0 Å². The van der Waals surface area contributed by atoms with Crippen molar-refractivity contribution in [1.29, 1.82) is 0 Å². The van der Waals surface area contributed by atoms with Crippen LogP contribution in [0.3, 0.4) is 0 Å². The van der Waals surface area contributed by atoms with Gasteiger partial charge in [0.25, 0.3) is 5.91 Å². The number of amides is 1. The number of nitrogens with zero attached hydrogens (tertiary/aromatic N) is 6. The van der Waals surface area contributed by atoms with Crippen LogP contribution in [0.2, 0.25) is 0 Å². The zero-order valence-corrected chi connectivity index (χ0v) is 31.7. The molecular weight excluding hydrogens is 762 g/mol. The number of morpholine rings is 1. The van der Waals surface area contributed by atoms with E-state index in [1.165, 1.54) is 51.8 Å². The van der Waals surface area contributed by atoms with Gasteiger partial charge in [-0.15, -0.1) is 10.2 Å². The molecule has 10 nitrogen and oxygen atoms in total. The highest BCUT2D eigenvalue weighted by Crippen LogP contribution is 2.45. The summed E-state index contributed by atoms with van der Waals surface area (Å²) in [4.78, 5) is 14.4. The molecule has 2 atom stereocenters. The molecule has 1 saturated carbocycles. The van der Waals surface area contributed by atoms with E-state index in [0.29, 0.717) is 29.8 Å². The number of sulfonamides is 1. The van der Waals surface area contributed by atoms with E-state index in [4.69, 9.17) is 9.84 Å². The molecule has 15 heteroatoms. The lowest BCUT2D eigenvalue weighted by atomic mass is 9.77. The Morgan fingerprint density at radius 1 is 0.875 bits per heavy atom. The van der Waals surface area contributed by atoms with Crippen molar-refractivity contribution in [1.82, 2.24) is 24.1 Å². The van der Waals surface area contributed by atoms with Gasteiger partial charge in [-0.1, -0.05) is 60.3 Å². The molecule has 0 N–H and O–H groups in total. The number of hydrogen-bond donors (Lipinski definition) is 0. The second-order valence-corrected chi connectivity index (χ2v) is 16.7. The van der Waals surface area contributed by atoms with E-state index < -0.39 is 21.9 Å². The first-order chi connectivity index (χ1) is 27.1. The number of hydrazone groups is 1. The SMILES string of the molecule is O=C(CSc1nnc(-c2cccc(S(=O)(=O)N3CCOCC3)c2)n1Cc1ccc(F)cc1)N1N=C2/C(=C\c3ccc(F)cc3)CCCC2C1c1ccc(F)cc1. The quantitative estimate of drug-likeness (QED) is 0.136. The highest BCUT2D eigenvalue weighted by atomic mass is 32.2. The fourth-order valence-electron chi connectivity index (χ4n) is 7.41. The fraction of sp³-hybridized carbons (Fsp3) is 0.268. The average molecular weight is 799 g/mol. The smallest absolute Gasteiger partial charge is 0.253 e. The summed E-state index contributed by atoms with van der Waals surface area (Å²) in [6, 6.07) is 24.3. The lowest BCUT2D eigenvalue weighted by Crippen LogP contribution is -2.40. The molecule has 2 fully saturated rings. The molecule has 0 bridgehead atoms. The molecule has 1 aromatic heterocycles. The topological polar surface area (TPSA) is 110 Å². The molecule has 0 spiro atoms. The number of fused-ring (bicyclic) bond motifs is 1. The number of carbonyl (C=O) groups excluding carboxylic acids is 1. The highest BCUT2D eigenvalue weighted by molar-refractivity contribution is 7.99. The van der Waals surface area contributed by atoms with Gasteiger partial charge >= 0.3 is 0 Å². The number of carbonyl (C=O) groups is 1. The van der Waals surface area contributed by atoms with Crippen LogP contribution in [0.4, 0.5) is 13.2 Å². The van der Waals surface area contributed by atoms with Crippen molar-refractivity contribution >= 4 is 39.5 Å². The molecule has 288 valence electrons. The minimum atomic E-state index is -3.81. The zero-order valence-electron chi connectivity index (χ0n) is 30.1. The van der Waals surface area contributed by atoms with E-state index in [0.717, 1.165) is 59.0 Å². The summed E-state index contributed by atoms with van der Waals surface area (Å²) in [5.41, 5.74) is 4.56. The van der Waals surface area contributed by atoms with Gasteiger partial charge in [-0.2, -0.15) is 9.41 Å². The van der Waals surface area contributed by atoms with Crippen LogP contribution in [0.15, 0.2) is 118 Å². The number of rotatable bonds is 10. The summed E-state index contributed by atoms with van der Waals surface area (Å²) in [5.74, 6) is -1.25. The Bertz CT molecular complexity index is 2400. The minimum Gasteiger partial charge on any atom is -0.379 e. The van der Waals surface area contributed by atoms with Gasteiger partial charge in [0.15, 0.2) is 11.0 Å². The lowest BCUT2D eigenvalue weighted by Gasteiger charge is -2.29. The maximum Gasteiger partial charge on any atom is 0.253 e. The highest BCUT2D eigenvalue weighted by Gasteiger charge is 2.43. The first kappa shape index (κ1) is 37.8. The summed E-state index contributed by atoms with van der Waals surface area (Å²) in [7, 11) is -3.81. The van der Waals surface area contributed by atoms with Crippen LogP contribution in [-0.4, -0.2) is 76.2 Å². The molecule has 56 heavy (non-hydrogen) atoms. The third kappa shape index (κ3) is 7.94. The second-order valence-electron chi connectivity index (χ2n) is 13.8. The summed E-state index contributed by atoms with van der Waals surface area (Å²) in [6.07, 6.45) is 4.35. The summed E-state index contributed by atoms with van der Waals surface area (Å²) in [5, 5.41) is 15.7. The van der Waals surface area contributed by atoms with Gasteiger partial charge in [0.05, 0.1) is 42.2 Å². The van der Waals surface area contributed by atoms with Gasteiger partial charge in [0.2, 0.25) is 10.0 Å². The lowest BCUT2D eigenvalue weighted by molar-refractivity contribution is -0.130. The van der Waals surface area contributed by atoms with Crippen LogP contribution in [0, 0.1) is 23.4 Å². The van der Waals surface area contributed by atoms with Crippen molar-refractivity contribution in [3.8, 4) is 11.4 Å². The van der Waals surface area contributed by atoms with Gasteiger partial charge < -0.3 is 4.74 Å². The molecular formula is C41H37F3N6O4S2. The maximum absolute atomic E-state index is 14.3. The fourth-order valence-corrected chi connectivity index (χ4v) is 9.65. The number of thioether (sulfide) groups is 1. The molecule has 1 aliphatic carbocycles. The van der Waals surface area contributed by atoms with E-state index in [9.17, 15) is 26.4 Å². The third-order valence-corrected chi connectivity index (χ3v) is 13.0. The molecule has 2 aliphatic heterocycles. The largest absolute Gasteiger partial charge is 0.379 e. The molecule has 1 amide bonds. The van der Waals surface area contributed by atoms with E-state index in [-0.39, 0.29) is 53.7 Å². The summed E-state index contributed by atoms with van der Waals surface area (Å²) >= 11 is 1.15. The molecule has 0 radical (unpaired) electrons. The number of ether oxygens (including phenoxy) is 1. The van der Waals surface area contributed by atoms with Gasteiger partial charge in [-0.25, -0.2) is 26.6 Å². The number of benzene rings is 4. The Labute approximate surface area is 326 Å². The standard InChI is InChI=1S/C41H37F3N6O4S2/c42-32-13-7-27(8-14-32)23-30-3-2-6-36-38(30)47-50(39(36)29-11-17-34(44)18-12-29)37(51)26-55-41-46-45-40(49(41)25-28-9-15-33(43)16-10-28)31-4-1-5-35(24-31)56(52,53)48-19-21-54-22-20-48/h1,4-5,7-18,23-24,36,39H,2-3,6,19-22,25-26H2/b30-23-. The van der Waals surface area contributed by atoms with Crippen LogP contribution in [0.5, 0.6) is 0 Å². The van der Waals surface area contributed by atoms with E-state index in [1.54, 1.807) is 59.2 Å². The minimum absolute atomic E-state index is 0.0782. The second kappa shape index (κ2) is 16.2. The van der Waals surface area contributed by atoms with Gasteiger partial charge in [-0.3, -0.25) is 9.36 Å². The zero-order chi connectivity index (χ0) is 38.8. The predicted octanol–water partition coefficient (Wildman–Crippen LogP) is 7.35. The Hall–Kier alpha value is -5.09. The normalized spacial score (nSPS) is 19.6. The predicted molar refractivity (Wildman–Crippen MR) is 206 cm³/mol. The van der Waals surface area contributed by atoms with Gasteiger partial charge in [0.1, 0.15) is 17.5 Å². The number of halogens is 3. The van der Waals surface area contributed by atoms with Crippen molar-refractivity contribution in [2.24, 2.45) is 11.0 Å². The third-order valence-electron chi connectivity index (χ3n) is 10.2. The monoisotopic (exact) mass is 798 g/mol. The molecule has 8 rings (SSSR count). The maximum atomic E-state index is 14.3. The van der Waals surface area contributed by atoms with Crippen LogP contribution < -0.4 is 0 Å².